The fourth-order valence-corrected chi connectivity index (χ4v) is 3.27. The minimum atomic E-state index is -0.265. The van der Waals surface area contributed by atoms with Gasteiger partial charge in [0.2, 0.25) is 0 Å². The van der Waals surface area contributed by atoms with Gasteiger partial charge in [0.1, 0.15) is 16.9 Å². The van der Waals surface area contributed by atoms with Crippen molar-refractivity contribution in [1.29, 1.82) is 0 Å². The van der Waals surface area contributed by atoms with Crippen LogP contribution >= 0.6 is 23.2 Å². The zero-order chi connectivity index (χ0) is 17.6. The highest BCUT2D eigenvalue weighted by Crippen LogP contribution is 2.17. The maximum Gasteiger partial charge on any atom is 0.410 e. The molecule has 0 saturated carbocycles. The monoisotopic (exact) mass is 379 g/mol. The van der Waals surface area contributed by atoms with Gasteiger partial charge in [0.05, 0.1) is 0 Å². The zero-order valence-electron chi connectivity index (χ0n) is 13.7. The molecule has 0 aliphatic carbocycles. The van der Waals surface area contributed by atoms with E-state index in [1.54, 1.807) is 4.90 Å². The summed E-state index contributed by atoms with van der Waals surface area (Å²) in [5.41, 5.74) is 2.01. The number of benzene rings is 1. The molecule has 1 aromatic carbocycles. The van der Waals surface area contributed by atoms with Crippen molar-refractivity contribution in [1.82, 2.24) is 14.8 Å². The van der Waals surface area contributed by atoms with Gasteiger partial charge in [-0.15, -0.1) is 0 Å². The number of hydrogen-bond donors (Lipinski definition) is 0. The summed E-state index contributed by atoms with van der Waals surface area (Å²) in [6.45, 7) is 3.86. The van der Waals surface area contributed by atoms with Crippen molar-refractivity contribution in [3.05, 3.63) is 63.9 Å². The molecule has 1 aromatic heterocycles. The van der Waals surface area contributed by atoms with Crippen molar-refractivity contribution < 1.29 is 9.53 Å². The lowest BCUT2D eigenvalue weighted by atomic mass is 10.2. The van der Waals surface area contributed by atoms with E-state index >= 15 is 0 Å². The fraction of sp³-hybridized carbons (Fsp3) is 0.333. The molecule has 2 aromatic rings. The van der Waals surface area contributed by atoms with Gasteiger partial charge in [-0.25, -0.2) is 9.78 Å². The summed E-state index contributed by atoms with van der Waals surface area (Å²) in [4.78, 5) is 20.1. The average molecular weight is 380 g/mol. The van der Waals surface area contributed by atoms with Crippen LogP contribution in [0.4, 0.5) is 4.79 Å². The van der Waals surface area contributed by atoms with Gasteiger partial charge >= 0.3 is 6.09 Å². The van der Waals surface area contributed by atoms with Gasteiger partial charge in [-0.2, -0.15) is 0 Å². The second kappa shape index (κ2) is 8.52. The Morgan fingerprint density at radius 3 is 2.28 bits per heavy atom. The predicted molar refractivity (Wildman–Crippen MR) is 97.7 cm³/mol. The normalized spacial score (nSPS) is 15.2. The standard InChI is InChI=1S/C18H19Cl2N3O2/c19-16-10-15(11-17(20)21-16)12-22-6-8-23(9-7-22)18(24)25-13-14-4-2-1-3-5-14/h1-5,10-11H,6-9,12-13H2. The van der Waals surface area contributed by atoms with E-state index in [9.17, 15) is 4.79 Å². The molecule has 0 N–H and O–H groups in total. The Kier molecular flexibility index (Phi) is 6.13. The van der Waals surface area contributed by atoms with Crippen LogP contribution in [0.5, 0.6) is 0 Å². The molecule has 1 fully saturated rings. The summed E-state index contributed by atoms with van der Waals surface area (Å²) in [5, 5.41) is 0.788. The Hall–Kier alpha value is -1.82. The van der Waals surface area contributed by atoms with Crippen LogP contribution < -0.4 is 0 Å². The van der Waals surface area contributed by atoms with Gasteiger partial charge in [0.25, 0.3) is 0 Å². The topological polar surface area (TPSA) is 45.7 Å². The minimum Gasteiger partial charge on any atom is -0.445 e. The Balaban J connectivity index is 1.45. The summed E-state index contributed by atoms with van der Waals surface area (Å²) >= 11 is 11.9. The lowest BCUT2D eigenvalue weighted by Gasteiger charge is -2.34. The lowest BCUT2D eigenvalue weighted by Crippen LogP contribution is -2.48. The number of carbonyl (C=O) groups is 1. The first-order valence-electron chi connectivity index (χ1n) is 8.10. The number of halogens is 2. The third-order valence-electron chi connectivity index (χ3n) is 4.06. The second-order valence-corrected chi connectivity index (χ2v) is 6.70. The Morgan fingerprint density at radius 2 is 1.64 bits per heavy atom. The van der Waals surface area contributed by atoms with E-state index in [0.29, 0.717) is 30.0 Å². The van der Waals surface area contributed by atoms with Crippen LogP contribution in [0.1, 0.15) is 11.1 Å². The van der Waals surface area contributed by atoms with Crippen LogP contribution in [-0.2, 0) is 17.9 Å². The molecule has 1 amide bonds. The Morgan fingerprint density at radius 1 is 1.00 bits per heavy atom. The number of nitrogens with zero attached hydrogens (tertiary/aromatic N) is 3. The van der Waals surface area contributed by atoms with E-state index in [4.69, 9.17) is 27.9 Å². The third-order valence-corrected chi connectivity index (χ3v) is 4.45. The number of ether oxygens (including phenoxy) is 1. The van der Waals surface area contributed by atoms with Crippen molar-refractivity contribution in [2.45, 2.75) is 13.2 Å². The van der Waals surface area contributed by atoms with Crippen molar-refractivity contribution in [2.24, 2.45) is 0 Å². The molecule has 3 rings (SSSR count). The van der Waals surface area contributed by atoms with Crippen LogP contribution in [0.15, 0.2) is 42.5 Å². The van der Waals surface area contributed by atoms with E-state index in [1.807, 2.05) is 42.5 Å². The SMILES string of the molecule is O=C(OCc1ccccc1)N1CCN(Cc2cc(Cl)nc(Cl)c2)CC1. The van der Waals surface area contributed by atoms with Gasteiger partial charge in [-0.3, -0.25) is 4.90 Å². The maximum atomic E-state index is 12.2. The molecule has 0 radical (unpaired) electrons. The van der Waals surface area contributed by atoms with Gasteiger partial charge in [0.15, 0.2) is 0 Å². The highest BCUT2D eigenvalue weighted by Gasteiger charge is 2.22. The molecular formula is C18H19Cl2N3O2. The molecule has 1 aliphatic heterocycles. The summed E-state index contributed by atoms with van der Waals surface area (Å²) in [5.74, 6) is 0. The number of piperazine rings is 1. The molecule has 7 heteroatoms. The van der Waals surface area contributed by atoms with Crippen LogP contribution in [0.2, 0.25) is 10.3 Å². The van der Waals surface area contributed by atoms with Gasteiger partial charge in [-0.05, 0) is 23.3 Å². The predicted octanol–water partition coefficient (Wildman–Crippen LogP) is 3.84. The van der Waals surface area contributed by atoms with Crippen molar-refractivity contribution in [2.75, 3.05) is 26.2 Å². The Bertz CT molecular complexity index is 699. The first-order valence-corrected chi connectivity index (χ1v) is 8.86. The summed E-state index contributed by atoms with van der Waals surface area (Å²) in [7, 11) is 0. The molecule has 132 valence electrons. The van der Waals surface area contributed by atoms with Gasteiger partial charge in [-0.1, -0.05) is 53.5 Å². The number of pyridine rings is 1. The molecule has 1 saturated heterocycles. The molecule has 1 aliphatic rings. The van der Waals surface area contributed by atoms with Crippen LogP contribution in [0, 0.1) is 0 Å². The molecule has 0 unspecified atom stereocenters. The molecular weight excluding hydrogens is 361 g/mol. The number of amides is 1. The first kappa shape index (κ1) is 18.0. The average Bonchev–Trinajstić information content (AvgIpc) is 2.60. The molecule has 2 heterocycles. The van der Waals surface area contributed by atoms with Gasteiger partial charge in [0, 0.05) is 32.7 Å². The first-order chi connectivity index (χ1) is 12.1. The number of rotatable bonds is 4. The number of aromatic nitrogens is 1. The fourth-order valence-electron chi connectivity index (χ4n) is 2.76. The van der Waals surface area contributed by atoms with E-state index in [2.05, 4.69) is 9.88 Å². The molecule has 25 heavy (non-hydrogen) atoms. The van der Waals surface area contributed by atoms with Crippen LogP contribution in [-0.4, -0.2) is 47.1 Å². The van der Waals surface area contributed by atoms with E-state index in [0.717, 1.165) is 30.8 Å². The number of hydrogen-bond acceptors (Lipinski definition) is 4. The van der Waals surface area contributed by atoms with Crippen molar-refractivity contribution in [3.8, 4) is 0 Å². The molecule has 0 atom stereocenters. The highest BCUT2D eigenvalue weighted by molar-refractivity contribution is 6.32. The molecule has 5 nitrogen and oxygen atoms in total. The van der Waals surface area contributed by atoms with E-state index in [-0.39, 0.29) is 6.09 Å². The molecule has 0 bridgehead atoms. The smallest absolute Gasteiger partial charge is 0.410 e. The minimum absolute atomic E-state index is 0.265. The van der Waals surface area contributed by atoms with Crippen molar-refractivity contribution in [3.63, 3.8) is 0 Å². The summed E-state index contributed by atoms with van der Waals surface area (Å²) < 4.78 is 5.38. The second-order valence-electron chi connectivity index (χ2n) is 5.92. The van der Waals surface area contributed by atoms with E-state index < -0.39 is 0 Å². The molecule has 0 spiro atoms. The Labute approximate surface area is 157 Å². The quantitative estimate of drug-likeness (QED) is 0.757. The van der Waals surface area contributed by atoms with Gasteiger partial charge < -0.3 is 9.64 Å². The van der Waals surface area contributed by atoms with Crippen molar-refractivity contribution >= 4 is 29.3 Å². The number of carbonyl (C=O) groups excluding carboxylic acids is 1. The largest absolute Gasteiger partial charge is 0.445 e. The highest BCUT2D eigenvalue weighted by atomic mass is 35.5. The van der Waals surface area contributed by atoms with Crippen LogP contribution in [0.25, 0.3) is 0 Å². The lowest BCUT2D eigenvalue weighted by molar-refractivity contribution is 0.0700. The van der Waals surface area contributed by atoms with E-state index in [1.165, 1.54) is 0 Å². The summed E-state index contributed by atoms with van der Waals surface area (Å²) in [6.07, 6.45) is -0.265. The third kappa shape index (κ3) is 5.33. The summed E-state index contributed by atoms with van der Waals surface area (Å²) in [6, 6.07) is 13.3. The zero-order valence-corrected chi connectivity index (χ0v) is 15.2. The van der Waals surface area contributed by atoms with Crippen LogP contribution in [0.3, 0.4) is 0 Å². The maximum absolute atomic E-state index is 12.2.